The monoisotopic (exact) mass is 349 g/mol. The lowest BCUT2D eigenvalue weighted by atomic mass is 10.3. The molecule has 21 heavy (non-hydrogen) atoms. The van der Waals surface area contributed by atoms with Gasteiger partial charge >= 0.3 is 0 Å². The Bertz CT molecular complexity index is 525. The first kappa shape index (κ1) is 17.2. The normalized spacial score (nSPS) is 17.2. The average Bonchev–Trinajstić information content (AvgIpc) is 2.96. The molecule has 0 aromatic carbocycles. The van der Waals surface area contributed by atoms with Gasteiger partial charge in [-0.15, -0.1) is 11.3 Å². The van der Waals surface area contributed by atoms with Gasteiger partial charge in [-0.25, -0.2) is 13.1 Å². The molecule has 1 aliphatic heterocycles. The molecule has 2 heterocycles. The van der Waals surface area contributed by atoms with Gasteiger partial charge in [-0.1, -0.05) is 0 Å². The zero-order chi connectivity index (χ0) is 15.1. The van der Waals surface area contributed by atoms with E-state index in [1.54, 1.807) is 6.07 Å². The number of hydrogen-bond donors (Lipinski definition) is 2. The first-order chi connectivity index (χ1) is 10.1. The Morgan fingerprint density at radius 3 is 2.71 bits per heavy atom. The molecule has 0 spiro atoms. The van der Waals surface area contributed by atoms with E-state index < -0.39 is 10.0 Å². The molecule has 1 aromatic rings. The second-order valence-electron chi connectivity index (χ2n) is 4.93. The van der Waals surface area contributed by atoms with Crippen molar-refractivity contribution in [2.24, 2.45) is 0 Å². The van der Waals surface area contributed by atoms with Crippen molar-refractivity contribution in [2.75, 3.05) is 51.3 Å². The van der Waals surface area contributed by atoms with E-state index in [1.165, 1.54) is 11.3 Å². The molecule has 8 heteroatoms. The highest BCUT2D eigenvalue weighted by atomic mass is 32.2. The summed E-state index contributed by atoms with van der Waals surface area (Å²) in [4.78, 5) is 3.41. The zero-order valence-electron chi connectivity index (χ0n) is 12.3. The van der Waals surface area contributed by atoms with Crippen molar-refractivity contribution in [3.63, 3.8) is 0 Å². The molecule has 1 saturated heterocycles. The molecule has 0 bridgehead atoms. The van der Waals surface area contributed by atoms with Crippen LogP contribution in [0, 0.1) is 0 Å². The predicted molar refractivity (Wildman–Crippen MR) is 90.9 cm³/mol. The van der Waals surface area contributed by atoms with Crippen molar-refractivity contribution < 1.29 is 8.42 Å². The minimum Gasteiger partial charge on any atom is -0.319 e. The molecule has 0 unspecified atom stereocenters. The molecule has 2 rings (SSSR count). The van der Waals surface area contributed by atoms with Gasteiger partial charge in [0.2, 0.25) is 10.0 Å². The highest BCUT2D eigenvalue weighted by Gasteiger charge is 2.17. The van der Waals surface area contributed by atoms with Crippen LogP contribution in [0.1, 0.15) is 4.88 Å². The third-order valence-corrected chi connectivity index (χ3v) is 7.39. The second kappa shape index (κ2) is 8.50. The van der Waals surface area contributed by atoms with Gasteiger partial charge in [-0.3, -0.25) is 0 Å². The number of thioether (sulfide) groups is 1. The van der Waals surface area contributed by atoms with Crippen LogP contribution >= 0.6 is 23.1 Å². The second-order valence-corrected chi connectivity index (χ2v) is 9.31. The van der Waals surface area contributed by atoms with Gasteiger partial charge < -0.3 is 10.2 Å². The summed E-state index contributed by atoms with van der Waals surface area (Å²) in [5, 5.41) is 3.07. The maximum absolute atomic E-state index is 12.2. The molecule has 1 fully saturated rings. The number of thiophene rings is 1. The molecule has 2 N–H and O–H groups in total. The van der Waals surface area contributed by atoms with Crippen molar-refractivity contribution >= 4 is 33.1 Å². The van der Waals surface area contributed by atoms with Crippen LogP contribution in [-0.2, 0) is 16.4 Å². The van der Waals surface area contributed by atoms with Crippen molar-refractivity contribution in [1.82, 2.24) is 14.9 Å². The van der Waals surface area contributed by atoms with E-state index in [0.29, 0.717) is 10.8 Å². The van der Waals surface area contributed by atoms with Gasteiger partial charge in [0, 0.05) is 42.6 Å². The lowest BCUT2D eigenvalue weighted by Gasteiger charge is -2.25. The lowest BCUT2D eigenvalue weighted by Crippen LogP contribution is -2.39. The molecular weight excluding hydrogens is 326 g/mol. The number of nitrogens with zero attached hydrogens (tertiary/aromatic N) is 1. The first-order valence-electron chi connectivity index (χ1n) is 7.15. The number of nitrogens with one attached hydrogen (secondary N) is 2. The first-order valence-corrected chi connectivity index (χ1v) is 10.6. The van der Waals surface area contributed by atoms with Crippen molar-refractivity contribution in [1.29, 1.82) is 0 Å². The summed E-state index contributed by atoms with van der Waals surface area (Å²) in [6.45, 7) is 4.24. The fourth-order valence-electron chi connectivity index (χ4n) is 2.12. The van der Waals surface area contributed by atoms with Gasteiger partial charge in [0.25, 0.3) is 0 Å². The minimum atomic E-state index is -3.35. The van der Waals surface area contributed by atoms with Gasteiger partial charge in [-0.2, -0.15) is 11.8 Å². The minimum absolute atomic E-state index is 0.419. The van der Waals surface area contributed by atoms with Gasteiger partial charge in [-0.05, 0) is 32.1 Å². The summed E-state index contributed by atoms with van der Waals surface area (Å²) in [5.41, 5.74) is 0. The van der Waals surface area contributed by atoms with Crippen LogP contribution in [0.25, 0.3) is 0 Å². The Kier molecular flexibility index (Phi) is 6.97. The predicted octanol–water partition coefficient (Wildman–Crippen LogP) is 0.837. The van der Waals surface area contributed by atoms with E-state index >= 15 is 0 Å². The summed E-state index contributed by atoms with van der Waals surface area (Å²) in [7, 11) is -1.45. The number of hydrogen-bond acceptors (Lipinski definition) is 6. The maximum atomic E-state index is 12.2. The summed E-state index contributed by atoms with van der Waals surface area (Å²) >= 11 is 3.32. The molecule has 0 aliphatic carbocycles. The molecule has 5 nitrogen and oxygen atoms in total. The topological polar surface area (TPSA) is 61.4 Å². The molecule has 120 valence electrons. The van der Waals surface area contributed by atoms with Crippen molar-refractivity contribution in [3.8, 4) is 0 Å². The van der Waals surface area contributed by atoms with Gasteiger partial charge in [0.1, 0.15) is 4.21 Å². The van der Waals surface area contributed by atoms with Crippen molar-refractivity contribution in [3.05, 3.63) is 17.0 Å². The van der Waals surface area contributed by atoms with Gasteiger partial charge in [0.05, 0.1) is 0 Å². The lowest BCUT2D eigenvalue weighted by molar-refractivity contribution is 0.307. The van der Waals surface area contributed by atoms with Crippen LogP contribution in [0.4, 0.5) is 0 Å². The van der Waals surface area contributed by atoms with Gasteiger partial charge in [0.15, 0.2) is 0 Å². The van der Waals surface area contributed by atoms with E-state index in [4.69, 9.17) is 0 Å². The SMILES string of the molecule is CNCCc1ccc(S(=O)(=O)NCCN2CCSCC2)s1. The third kappa shape index (κ3) is 5.54. The van der Waals surface area contributed by atoms with Crippen LogP contribution in [0.15, 0.2) is 16.3 Å². The van der Waals surface area contributed by atoms with Crippen LogP contribution in [-0.4, -0.2) is 64.6 Å². The summed E-state index contributed by atoms with van der Waals surface area (Å²) in [6.07, 6.45) is 0.863. The van der Waals surface area contributed by atoms with E-state index in [-0.39, 0.29) is 0 Å². The molecule has 0 amide bonds. The number of rotatable bonds is 8. The quantitative estimate of drug-likeness (QED) is 0.728. The van der Waals surface area contributed by atoms with Crippen molar-refractivity contribution in [2.45, 2.75) is 10.6 Å². The molecule has 1 aromatic heterocycles. The summed E-state index contributed by atoms with van der Waals surface area (Å²) < 4.78 is 27.6. The maximum Gasteiger partial charge on any atom is 0.250 e. The van der Waals surface area contributed by atoms with E-state index in [0.717, 1.165) is 49.0 Å². The Morgan fingerprint density at radius 2 is 2.00 bits per heavy atom. The van der Waals surface area contributed by atoms with Crippen LogP contribution < -0.4 is 10.0 Å². The van der Waals surface area contributed by atoms with Crippen LogP contribution in [0.5, 0.6) is 0 Å². The Morgan fingerprint density at radius 1 is 1.24 bits per heavy atom. The highest BCUT2D eigenvalue weighted by Crippen LogP contribution is 2.21. The smallest absolute Gasteiger partial charge is 0.250 e. The Labute approximate surface area is 135 Å². The van der Waals surface area contributed by atoms with Crippen LogP contribution in [0.2, 0.25) is 0 Å². The van der Waals surface area contributed by atoms with E-state index in [9.17, 15) is 8.42 Å². The fraction of sp³-hybridized carbons (Fsp3) is 0.692. The number of sulfonamides is 1. The molecule has 0 saturated carbocycles. The largest absolute Gasteiger partial charge is 0.319 e. The highest BCUT2D eigenvalue weighted by molar-refractivity contribution is 7.99. The zero-order valence-corrected chi connectivity index (χ0v) is 14.7. The van der Waals surface area contributed by atoms with E-state index in [1.807, 2.05) is 24.9 Å². The molecular formula is C13H23N3O2S3. The summed E-state index contributed by atoms with van der Waals surface area (Å²) in [5.74, 6) is 2.29. The third-order valence-electron chi connectivity index (χ3n) is 3.35. The van der Waals surface area contributed by atoms with Crippen LogP contribution in [0.3, 0.4) is 0 Å². The Hall–Kier alpha value is -0.120. The van der Waals surface area contributed by atoms with E-state index in [2.05, 4.69) is 14.9 Å². The molecule has 0 atom stereocenters. The standard InChI is InChI=1S/C13H23N3O2S3/c1-14-5-4-12-2-3-13(20-12)21(17,18)15-6-7-16-8-10-19-11-9-16/h2-3,14-15H,4-11H2,1H3. The molecule has 1 aliphatic rings. The summed E-state index contributed by atoms with van der Waals surface area (Å²) in [6, 6.07) is 3.61. The Balaban J connectivity index is 1.81. The average molecular weight is 350 g/mol. The molecule has 0 radical (unpaired) electrons. The fourth-order valence-corrected chi connectivity index (χ4v) is 5.52. The number of likely N-dealkylation sites (N-methyl/N-ethyl adjacent to an activating group) is 1.